The van der Waals surface area contributed by atoms with Crippen molar-refractivity contribution in [2.45, 2.75) is 22.6 Å². The van der Waals surface area contributed by atoms with Gasteiger partial charge < -0.3 is 30.9 Å². The molecule has 268 valence electrons. The van der Waals surface area contributed by atoms with Gasteiger partial charge >= 0.3 is 0 Å². The summed E-state index contributed by atoms with van der Waals surface area (Å²) in [5, 5.41) is 18.3. The number of hydrogen-bond acceptors (Lipinski definition) is 12. The number of rotatable bonds is 10. The fourth-order valence-corrected chi connectivity index (χ4v) is 7.36. The van der Waals surface area contributed by atoms with Crippen LogP contribution in [-0.2, 0) is 32.9 Å². The second-order valence-corrected chi connectivity index (χ2v) is 14.1. The fraction of sp³-hybridized carbons (Fsp3) is 0.125. The highest BCUT2D eigenvalue weighted by Crippen LogP contribution is 2.30. The summed E-state index contributed by atoms with van der Waals surface area (Å²) in [5.74, 6) is -2.93. The quantitative estimate of drug-likeness (QED) is 0.107. The highest BCUT2D eigenvalue weighted by atomic mass is 32.2. The van der Waals surface area contributed by atoms with Gasteiger partial charge in [0.05, 0.1) is 39.2 Å². The highest BCUT2D eigenvalue weighted by molar-refractivity contribution is 7.93. The maximum Gasteiger partial charge on any atom is 0.265 e. The summed E-state index contributed by atoms with van der Waals surface area (Å²) < 4.78 is 93.4. The highest BCUT2D eigenvalue weighted by Gasteiger charge is 2.24. The molecule has 0 radical (unpaired) electrons. The van der Waals surface area contributed by atoms with Crippen LogP contribution in [0.2, 0.25) is 0 Å². The molecular weight excluding hydrogens is 723 g/mol. The third-order valence-electron chi connectivity index (χ3n) is 7.33. The van der Waals surface area contributed by atoms with E-state index in [9.17, 15) is 25.6 Å². The Bertz CT molecular complexity index is 2450. The van der Waals surface area contributed by atoms with Gasteiger partial charge in [-0.05, 0) is 48.5 Å². The van der Waals surface area contributed by atoms with Crippen LogP contribution in [0.1, 0.15) is 11.1 Å². The lowest BCUT2D eigenvalue weighted by atomic mass is 10.2. The molecule has 0 atom stereocenters. The Balaban J connectivity index is 0.000000201. The first kappa shape index (κ1) is 36.6. The van der Waals surface area contributed by atoms with E-state index in [-0.39, 0.29) is 45.5 Å². The number of nitrogen functional groups attached to an aromatic ring is 2. The van der Waals surface area contributed by atoms with Crippen molar-refractivity contribution in [3.05, 3.63) is 83.7 Å². The zero-order valence-corrected chi connectivity index (χ0v) is 28.8. The number of benzene rings is 2. The van der Waals surface area contributed by atoms with Gasteiger partial charge in [0.15, 0.2) is 23.3 Å². The number of pyridine rings is 2. The number of halogens is 2. The first-order chi connectivity index (χ1) is 24.7. The van der Waals surface area contributed by atoms with Crippen LogP contribution < -0.4 is 30.4 Å². The van der Waals surface area contributed by atoms with Gasteiger partial charge in [-0.25, -0.2) is 25.6 Å². The summed E-state index contributed by atoms with van der Waals surface area (Å²) in [4.78, 5) is 13.1. The standard InChI is InChI=1S/2C16H14FN5O3S/c2*1-25-16-9(4-5-18)6-12(17)15(21-16)22-26(23,24)14-8-20-13-7-10(19)2-3-11(13)14/h2*2-3,6-8,20H,4,19H2,1H3,(H,21,22). The Labute approximate surface area is 295 Å². The summed E-state index contributed by atoms with van der Waals surface area (Å²) >= 11 is 0. The SMILES string of the molecule is COc1nc(NS(=O)(=O)c2c[nH]c3cc(N)ccc23)c(F)cc1CC#N.COc1nc(NS(=O)(=O)c2c[nH]c3cc(N)ccc23)c(F)cc1CC#N. The van der Waals surface area contributed by atoms with E-state index in [2.05, 4.69) is 29.4 Å². The minimum absolute atomic E-state index is 0.0302. The van der Waals surface area contributed by atoms with Crippen molar-refractivity contribution in [3.63, 3.8) is 0 Å². The number of ether oxygens (including phenoxy) is 2. The number of nitrogens with one attached hydrogen (secondary N) is 4. The third kappa shape index (κ3) is 7.57. The molecule has 52 heavy (non-hydrogen) atoms. The number of aromatic nitrogens is 4. The molecule has 6 aromatic rings. The number of aromatic amines is 2. The van der Waals surface area contributed by atoms with Crippen molar-refractivity contribution in [3.8, 4) is 23.9 Å². The Hall–Kier alpha value is -6.64. The second-order valence-electron chi connectivity index (χ2n) is 10.8. The maximum atomic E-state index is 14.2. The van der Waals surface area contributed by atoms with E-state index < -0.39 is 43.3 Å². The van der Waals surface area contributed by atoms with Gasteiger partial charge in [0, 0.05) is 56.7 Å². The second kappa shape index (κ2) is 14.7. The Morgan fingerprint density at radius 2 is 1.10 bits per heavy atom. The minimum Gasteiger partial charge on any atom is -0.481 e. The zero-order valence-electron chi connectivity index (χ0n) is 27.2. The number of nitrogens with zero attached hydrogens (tertiary/aromatic N) is 4. The van der Waals surface area contributed by atoms with Crippen molar-refractivity contribution in [2.24, 2.45) is 0 Å². The van der Waals surface area contributed by atoms with Crippen LogP contribution in [0.3, 0.4) is 0 Å². The molecule has 16 nitrogen and oxygen atoms in total. The van der Waals surface area contributed by atoms with Gasteiger partial charge in [-0.1, -0.05) is 0 Å². The molecule has 0 saturated carbocycles. The smallest absolute Gasteiger partial charge is 0.265 e. The molecule has 2 aromatic carbocycles. The Morgan fingerprint density at radius 1 is 0.712 bits per heavy atom. The van der Waals surface area contributed by atoms with Crippen LogP contribution in [0.25, 0.3) is 21.8 Å². The van der Waals surface area contributed by atoms with Gasteiger partial charge in [0.25, 0.3) is 20.0 Å². The topological polar surface area (TPSA) is 268 Å². The lowest BCUT2D eigenvalue weighted by Crippen LogP contribution is -2.15. The van der Waals surface area contributed by atoms with Crippen LogP contribution in [0.15, 0.2) is 70.7 Å². The van der Waals surface area contributed by atoms with E-state index in [1.807, 2.05) is 12.1 Å². The van der Waals surface area contributed by atoms with Crippen molar-refractivity contribution < 1.29 is 35.1 Å². The van der Waals surface area contributed by atoms with Crippen LogP contribution >= 0.6 is 0 Å². The molecule has 0 bridgehead atoms. The van der Waals surface area contributed by atoms with Gasteiger partial charge in [-0.2, -0.15) is 20.5 Å². The van der Waals surface area contributed by atoms with Gasteiger partial charge in [0.2, 0.25) is 11.8 Å². The average Bonchev–Trinajstić information content (AvgIpc) is 3.72. The molecular formula is C32H28F2N10O6S2. The Morgan fingerprint density at radius 3 is 1.44 bits per heavy atom. The number of nitrogens with two attached hydrogens (primary N) is 2. The first-order valence-electron chi connectivity index (χ1n) is 14.7. The number of fused-ring (bicyclic) bond motifs is 2. The first-order valence-corrected chi connectivity index (χ1v) is 17.7. The maximum absolute atomic E-state index is 14.2. The molecule has 0 fully saturated rings. The monoisotopic (exact) mass is 750 g/mol. The predicted molar refractivity (Wildman–Crippen MR) is 187 cm³/mol. The summed E-state index contributed by atoms with van der Waals surface area (Å²) in [5.41, 5.74) is 13.8. The van der Waals surface area contributed by atoms with Crippen LogP contribution in [0.5, 0.6) is 11.8 Å². The van der Waals surface area contributed by atoms with Crippen LogP contribution in [0, 0.1) is 34.3 Å². The van der Waals surface area contributed by atoms with Crippen molar-refractivity contribution in [2.75, 3.05) is 35.1 Å². The molecule has 0 aliphatic rings. The van der Waals surface area contributed by atoms with E-state index in [0.29, 0.717) is 33.2 Å². The van der Waals surface area contributed by atoms with E-state index in [0.717, 1.165) is 12.1 Å². The summed E-state index contributed by atoms with van der Waals surface area (Å²) in [6.07, 6.45) is 2.32. The van der Waals surface area contributed by atoms with E-state index in [1.54, 1.807) is 36.4 Å². The zero-order chi connectivity index (χ0) is 37.8. The van der Waals surface area contributed by atoms with Crippen LogP contribution in [-0.4, -0.2) is 51.0 Å². The third-order valence-corrected chi connectivity index (χ3v) is 10.1. The molecule has 0 saturated heterocycles. The summed E-state index contributed by atoms with van der Waals surface area (Å²) in [7, 11) is -5.66. The number of methoxy groups -OCH3 is 2. The number of hydrogen-bond donors (Lipinski definition) is 6. The molecule has 0 aliphatic carbocycles. The average molecular weight is 751 g/mol. The molecule has 0 amide bonds. The molecule has 4 aromatic heterocycles. The molecule has 0 unspecified atom stereocenters. The molecule has 0 aliphatic heterocycles. The summed E-state index contributed by atoms with van der Waals surface area (Å²) in [6, 6.07) is 15.2. The number of H-pyrrole nitrogens is 2. The minimum atomic E-state index is -4.13. The predicted octanol–water partition coefficient (Wildman–Crippen LogP) is 4.32. The largest absolute Gasteiger partial charge is 0.481 e. The Kier molecular flexibility index (Phi) is 10.3. The molecule has 4 heterocycles. The number of nitriles is 2. The van der Waals surface area contributed by atoms with Crippen LogP contribution in [0.4, 0.5) is 31.8 Å². The lowest BCUT2D eigenvalue weighted by molar-refractivity contribution is 0.392. The van der Waals surface area contributed by atoms with Crippen molar-refractivity contribution >= 4 is 64.9 Å². The number of anilines is 4. The molecule has 6 rings (SSSR count). The van der Waals surface area contributed by atoms with E-state index in [1.165, 1.54) is 26.6 Å². The van der Waals surface area contributed by atoms with Gasteiger partial charge in [0.1, 0.15) is 9.79 Å². The molecule has 0 spiro atoms. The van der Waals surface area contributed by atoms with Crippen molar-refractivity contribution in [1.82, 2.24) is 19.9 Å². The van der Waals surface area contributed by atoms with Crippen molar-refractivity contribution in [1.29, 1.82) is 10.5 Å². The van der Waals surface area contributed by atoms with Gasteiger partial charge in [-0.3, -0.25) is 9.44 Å². The van der Waals surface area contributed by atoms with Gasteiger partial charge in [-0.15, -0.1) is 0 Å². The fourth-order valence-electron chi connectivity index (χ4n) is 4.98. The molecule has 8 N–H and O–H groups in total. The lowest BCUT2D eigenvalue weighted by Gasteiger charge is -2.11. The molecule has 20 heteroatoms. The van der Waals surface area contributed by atoms with E-state index in [4.69, 9.17) is 31.5 Å². The van der Waals surface area contributed by atoms with E-state index >= 15 is 0 Å². The summed E-state index contributed by atoms with van der Waals surface area (Å²) in [6.45, 7) is 0. The number of sulfonamides is 2. The normalized spacial score (nSPS) is 11.3.